The van der Waals surface area contributed by atoms with Gasteiger partial charge >= 0.3 is 5.97 Å². The van der Waals surface area contributed by atoms with E-state index in [9.17, 15) is 9.59 Å². The minimum atomic E-state index is -0.895. The number of carboxylic acids is 1. The van der Waals surface area contributed by atoms with Crippen LogP contribution in [0.2, 0.25) is 0 Å². The Kier molecular flexibility index (Phi) is 4.50. The van der Waals surface area contributed by atoms with E-state index in [4.69, 9.17) is 9.84 Å². The molecule has 21 heavy (non-hydrogen) atoms. The van der Waals surface area contributed by atoms with Gasteiger partial charge in [-0.2, -0.15) is 0 Å². The Morgan fingerprint density at radius 2 is 1.95 bits per heavy atom. The first kappa shape index (κ1) is 14.5. The van der Waals surface area contributed by atoms with Gasteiger partial charge in [-0.05, 0) is 23.8 Å². The molecule has 1 aromatic carbocycles. The molecular weight excluding hydrogens is 272 g/mol. The number of amides is 1. The van der Waals surface area contributed by atoms with Gasteiger partial charge in [-0.1, -0.05) is 12.1 Å². The van der Waals surface area contributed by atoms with Gasteiger partial charge in [0.1, 0.15) is 5.75 Å². The predicted molar refractivity (Wildman–Crippen MR) is 76.5 cm³/mol. The number of hydrogen-bond donors (Lipinski definition) is 2. The number of rotatable bonds is 5. The summed E-state index contributed by atoms with van der Waals surface area (Å²) in [5, 5.41) is 11.4. The Morgan fingerprint density at radius 3 is 2.57 bits per heavy atom. The van der Waals surface area contributed by atoms with Crippen molar-refractivity contribution >= 4 is 17.6 Å². The highest BCUT2D eigenvalue weighted by molar-refractivity contribution is 6.06. The van der Waals surface area contributed by atoms with Crippen LogP contribution in [-0.2, 0) is 11.2 Å². The van der Waals surface area contributed by atoms with Gasteiger partial charge in [0.15, 0.2) is 0 Å². The number of hydrogen-bond acceptors (Lipinski definition) is 4. The molecule has 2 N–H and O–H groups in total. The fraction of sp³-hybridized carbons (Fsp3) is 0.133. The zero-order valence-corrected chi connectivity index (χ0v) is 11.4. The Morgan fingerprint density at radius 1 is 1.24 bits per heavy atom. The van der Waals surface area contributed by atoms with E-state index in [2.05, 4.69) is 10.3 Å². The van der Waals surface area contributed by atoms with E-state index >= 15 is 0 Å². The summed E-state index contributed by atoms with van der Waals surface area (Å²) in [5.41, 5.74) is 1.62. The number of carbonyl (C=O) groups is 2. The lowest BCUT2D eigenvalue weighted by Gasteiger charge is -2.09. The van der Waals surface area contributed by atoms with Gasteiger partial charge in [-0.25, -0.2) is 0 Å². The first-order valence-corrected chi connectivity index (χ1v) is 6.20. The Balaban J connectivity index is 2.10. The molecule has 0 saturated carbocycles. The van der Waals surface area contributed by atoms with Gasteiger partial charge in [-0.3, -0.25) is 14.6 Å². The monoisotopic (exact) mass is 286 g/mol. The van der Waals surface area contributed by atoms with Crippen molar-refractivity contribution in [1.29, 1.82) is 0 Å². The molecule has 0 aliphatic heterocycles. The molecule has 0 aliphatic carbocycles. The maximum absolute atomic E-state index is 12.1. The lowest BCUT2D eigenvalue weighted by Crippen LogP contribution is -2.13. The third-order valence-corrected chi connectivity index (χ3v) is 2.82. The van der Waals surface area contributed by atoms with E-state index in [0.717, 1.165) is 0 Å². The van der Waals surface area contributed by atoms with Crippen molar-refractivity contribution in [3.05, 3.63) is 53.9 Å². The Bertz CT molecular complexity index is 653. The summed E-state index contributed by atoms with van der Waals surface area (Å²) < 4.78 is 5.08. The number of benzene rings is 1. The number of nitrogens with one attached hydrogen (secondary N) is 1. The van der Waals surface area contributed by atoms with Crippen LogP contribution in [0.25, 0.3) is 0 Å². The SMILES string of the molecule is COc1cnccc1C(=O)Nc1ccc(CC(=O)O)cc1. The predicted octanol–water partition coefficient (Wildman–Crippen LogP) is 1.97. The molecule has 0 bridgehead atoms. The maximum Gasteiger partial charge on any atom is 0.307 e. The quantitative estimate of drug-likeness (QED) is 0.877. The molecule has 6 nitrogen and oxygen atoms in total. The van der Waals surface area contributed by atoms with Gasteiger partial charge in [0.05, 0.1) is 25.3 Å². The van der Waals surface area contributed by atoms with Crippen LogP contribution in [0, 0.1) is 0 Å². The molecule has 6 heteroatoms. The highest BCUT2D eigenvalue weighted by Crippen LogP contribution is 2.18. The van der Waals surface area contributed by atoms with Crippen LogP contribution >= 0.6 is 0 Å². The number of aliphatic carboxylic acids is 1. The number of pyridine rings is 1. The smallest absolute Gasteiger partial charge is 0.307 e. The summed E-state index contributed by atoms with van der Waals surface area (Å²) in [6.07, 6.45) is 2.92. The fourth-order valence-electron chi connectivity index (χ4n) is 1.81. The standard InChI is InChI=1S/C15H14N2O4/c1-21-13-9-16-7-6-12(13)15(20)17-11-4-2-10(3-5-11)8-14(18)19/h2-7,9H,8H2,1H3,(H,17,20)(H,18,19). The average Bonchev–Trinajstić information content (AvgIpc) is 2.48. The zero-order chi connectivity index (χ0) is 15.2. The van der Waals surface area contributed by atoms with E-state index in [0.29, 0.717) is 22.6 Å². The number of ether oxygens (including phenoxy) is 1. The zero-order valence-electron chi connectivity index (χ0n) is 11.4. The second kappa shape index (κ2) is 6.51. The van der Waals surface area contributed by atoms with Crippen LogP contribution in [0.4, 0.5) is 5.69 Å². The topological polar surface area (TPSA) is 88.5 Å². The third-order valence-electron chi connectivity index (χ3n) is 2.82. The first-order chi connectivity index (χ1) is 10.1. The van der Waals surface area contributed by atoms with E-state index in [1.54, 1.807) is 30.3 Å². The average molecular weight is 286 g/mol. The summed E-state index contributed by atoms with van der Waals surface area (Å²) in [4.78, 5) is 26.6. The van der Waals surface area contributed by atoms with Crippen molar-refractivity contribution in [3.63, 3.8) is 0 Å². The van der Waals surface area contributed by atoms with Crippen molar-refractivity contribution in [1.82, 2.24) is 4.98 Å². The van der Waals surface area contributed by atoms with Gasteiger partial charge in [0.25, 0.3) is 5.91 Å². The lowest BCUT2D eigenvalue weighted by molar-refractivity contribution is -0.136. The molecule has 0 spiro atoms. The van der Waals surface area contributed by atoms with Gasteiger partial charge < -0.3 is 15.2 Å². The second-order valence-electron chi connectivity index (χ2n) is 4.30. The molecule has 2 rings (SSSR count). The van der Waals surface area contributed by atoms with Crippen LogP contribution in [0.1, 0.15) is 15.9 Å². The van der Waals surface area contributed by atoms with E-state index in [1.807, 2.05) is 0 Å². The van der Waals surface area contributed by atoms with Crippen molar-refractivity contribution in [2.45, 2.75) is 6.42 Å². The number of carbonyl (C=O) groups excluding carboxylic acids is 1. The molecule has 0 aliphatic rings. The third kappa shape index (κ3) is 3.79. The minimum Gasteiger partial charge on any atom is -0.494 e. The van der Waals surface area contributed by atoms with Crippen LogP contribution in [0.15, 0.2) is 42.7 Å². The highest BCUT2D eigenvalue weighted by Gasteiger charge is 2.12. The molecule has 0 saturated heterocycles. The van der Waals surface area contributed by atoms with Crippen LogP contribution in [0.3, 0.4) is 0 Å². The highest BCUT2D eigenvalue weighted by atomic mass is 16.5. The van der Waals surface area contributed by atoms with E-state index in [-0.39, 0.29) is 12.3 Å². The minimum absolute atomic E-state index is 0.0492. The van der Waals surface area contributed by atoms with E-state index < -0.39 is 5.97 Å². The number of aromatic nitrogens is 1. The summed E-state index contributed by atoms with van der Waals surface area (Å²) in [6, 6.07) is 8.20. The summed E-state index contributed by atoms with van der Waals surface area (Å²) in [6.45, 7) is 0. The van der Waals surface area contributed by atoms with Gasteiger partial charge in [0.2, 0.25) is 0 Å². The molecule has 1 amide bonds. The molecule has 0 fully saturated rings. The molecular formula is C15H14N2O4. The number of anilines is 1. The molecule has 0 radical (unpaired) electrons. The van der Waals surface area contributed by atoms with Gasteiger partial charge in [-0.15, -0.1) is 0 Å². The number of nitrogens with zero attached hydrogens (tertiary/aromatic N) is 1. The Hall–Kier alpha value is -2.89. The molecule has 1 aromatic heterocycles. The second-order valence-corrected chi connectivity index (χ2v) is 4.30. The Labute approximate surface area is 121 Å². The van der Waals surface area contributed by atoms with Crippen LogP contribution in [-0.4, -0.2) is 29.1 Å². The fourth-order valence-corrected chi connectivity index (χ4v) is 1.81. The van der Waals surface area contributed by atoms with Gasteiger partial charge in [0, 0.05) is 11.9 Å². The van der Waals surface area contributed by atoms with Crippen molar-refractivity contribution in [3.8, 4) is 5.75 Å². The number of carboxylic acid groups (broad SMARTS) is 1. The molecule has 2 aromatic rings. The maximum atomic E-state index is 12.1. The molecule has 0 atom stereocenters. The first-order valence-electron chi connectivity index (χ1n) is 6.20. The van der Waals surface area contributed by atoms with Crippen LogP contribution in [0.5, 0.6) is 5.75 Å². The van der Waals surface area contributed by atoms with Crippen molar-refractivity contribution in [2.75, 3.05) is 12.4 Å². The molecule has 0 unspecified atom stereocenters. The summed E-state index contributed by atoms with van der Waals surface area (Å²) in [5.74, 6) is -0.828. The van der Waals surface area contributed by atoms with Crippen LogP contribution < -0.4 is 10.1 Å². The van der Waals surface area contributed by atoms with E-state index in [1.165, 1.54) is 19.5 Å². The molecule has 108 valence electrons. The molecule has 1 heterocycles. The lowest BCUT2D eigenvalue weighted by atomic mass is 10.1. The van der Waals surface area contributed by atoms with Crippen molar-refractivity contribution < 1.29 is 19.4 Å². The van der Waals surface area contributed by atoms with Crippen molar-refractivity contribution in [2.24, 2.45) is 0 Å². The normalized spacial score (nSPS) is 9.95. The largest absolute Gasteiger partial charge is 0.494 e. The summed E-state index contributed by atoms with van der Waals surface area (Å²) >= 11 is 0. The number of methoxy groups -OCH3 is 1. The summed E-state index contributed by atoms with van der Waals surface area (Å²) in [7, 11) is 1.47.